The van der Waals surface area contributed by atoms with Crippen LogP contribution in [0.5, 0.6) is 0 Å². The number of amides is 2. The Balaban J connectivity index is 2.54. The number of hydrogen-bond donors (Lipinski definition) is 2. The molecule has 5 heteroatoms. The Morgan fingerprint density at radius 2 is 2.05 bits per heavy atom. The maximum absolute atomic E-state index is 12.3. The minimum absolute atomic E-state index is 0.0347. The maximum Gasteiger partial charge on any atom is 0.225 e. The van der Waals surface area contributed by atoms with Gasteiger partial charge in [0.15, 0.2) is 0 Å². The summed E-state index contributed by atoms with van der Waals surface area (Å²) in [5.41, 5.74) is 5.38. The highest BCUT2D eigenvalue weighted by atomic mass is 16.2. The van der Waals surface area contributed by atoms with E-state index in [2.05, 4.69) is 5.32 Å². The number of hydrogen-bond acceptors (Lipinski definition) is 3. The van der Waals surface area contributed by atoms with Crippen molar-refractivity contribution in [2.24, 2.45) is 17.6 Å². The minimum Gasteiger partial charge on any atom is -0.355 e. The quantitative estimate of drug-likeness (QED) is 0.746. The molecule has 1 rings (SSSR count). The molecular formula is C14H27N3O2. The fraction of sp³-hybridized carbons (Fsp3) is 0.857. The van der Waals surface area contributed by atoms with Crippen LogP contribution in [0.25, 0.3) is 0 Å². The van der Waals surface area contributed by atoms with Gasteiger partial charge in [0.1, 0.15) is 0 Å². The van der Waals surface area contributed by atoms with Gasteiger partial charge >= 0.3 is 0 Å². The molecule has 0 aliphatic carbocycles. The summed E-state index contributed by atoms with van der Waals surface area (Å²) in [6.07, 6.45) is 3.52. The van der Waals surface area contributed by atoms with E-state index in [0.29, 0.717) is 19.6 Å². The number of nitrogens with two attached hydrogens (primary N) is 1. The van der Waals surface area contributed by atoms with E-state index in [0.717, 1.165) is 32.2 Å². The zero-order valence-electron chi connectivity index (χ0n) is 12.2. The summed E-state index contributed by atoms with van der Waals surface area (Å²) in [6, 6.07) is 0. The van der Waals surface area contributed by atoms with Crippen molar-refractivity contribution in [2.75, 3.05) is 26.2 Å². The largest absolute Gasteiger partial charge is 0.355 e. The summed E-state index contributed by atoms with van der Waals surface area (Å²) in [5.74, 6) is 0.276. The van der Waals surface area contributed by atoms with Crippen molar-refractivity contribution in [3.8, 4) is 0 Å². The van der Waals surface area contributed by atoms with Crippen LogP contribution in [0.2, 0.25) is 0 Å². The Morgan fingerprint density at radius 1 is 1.37 bits per heavy atom. The van der Waals surface area contributed by atoms with E-state index < -0.39 is 0 Å². The second-order valence-corrected chi connectivity index (χ2v) is 5.22. The standard InChI is InChI=1S/C14H27N3O2/c1-3-11(4-2)14(19)17-9-5-6-12(10-17)13(18)16-8-7-15/h11-12H,3-10,15H2,1-2H3,(H,16,18). The average molecular weight is 269 g/mol. The third kappa shape index (κ3) is 4.49. The third-order valence-corrected chi connectivity index (χ3v) is 3.88. The van der Waals surface area contributed by atoms with Gasteiger partial charge in [-0.2, -0.15) is 0 Å². The molecule has 1 heterocycles. The van der Waals surface area contributed by atoms with Gasteiger partial charge < -0.3 is 16.0 Å². The van der Waals surface area contributed by atoms with E-state index in [1.165, 1.54) is 0 Å². The average Bonchev–Trinajstić information content (AvgIpc) is 2.46. The summed E-state index contributed by atoms with van der Waals surface area (Å²) < 4.78 is 0. The predicted octanol–water partition coefficient (Wildman–Crippen LogP) is 0.736. The van der Waals surface area contributed by atoms with Gasteiger partial charge in [-0.15, -0.1) is 0 Å². The summed E-state index contributed by atoms with van der Waals surface area (Å²) >= 11 is 0. The third-order valence-electron chi connectivity index (χ3n) is 3.88. The van der Waals surface area contributed by atoms with E-state index in [-0.39, 0.29) is 23.7 Å². The fourth-order valence-electron chi connectivity index (χ4n) is 2.63. The number of carbonyl (C=O) groups excluding carboxylic acids is 2. The van der Waals surface area contributed by atoms with Gasteiger partial charge in [0.25, 0.3) is 0 Å². The number of carbonyl (C=O) groups is 2. The second kappa shape index (κ2) is 8.15. The number of nitrogens with one attached hydrogen (secondary N) is 1. The van der Waals surface area contributed by atoms with Crippen molar-refractivity contribution in [1.29, 1.82) is 0 Å². The molecule has 1 unspecified atom stereocenters. The van der Waals surface area contributed by atoms with E-state index in [1.54, 1.807) is 0 Å². The molecule has 2 amide bonds. The first kappa shape index (κ1) is 16.0. The molecule has 1 fully saturated rings. The zero-order valence-corrected chi connectivity index (χ0v) is 12.2. The molecule has 1 saturated heterocycles. The van der Waals surface area contributed by atoms with Crippen molar-refractivity contribution in [2.45, 2.75) is 39.5 Å². The molecule has 0 aromatic carbocycles. The number of likely N-dealkylation sites (tertiary alicyclic amines) is 1. The molecule has 0 spiro atoms. The number of rotatable bonds is 6. The molecule has 5 nitrogen and oxygen atoms in total. The molecule has 19 heavy (non-hydrogen) atoms. The van der Waals surface area contributed by atoms with E-state index in [9.17, 15) is 9.59 Å². The van der Waals surface area contributed by atoms with Crippen LogP contribution in [0.4, 0.5) is 0 Å². The Bertz CT molecular complexity index is 303. The van der Waals surface area contributed by atoms with Gasteiger partial charge in [-0.25, -0.2) is 0 Å². The molecule has 3 N–H and O–H groups in total. The normalized spacial score (nSPS) is 19.6. The van der Waals surface area contributed by atoms with Crippen LogP contribution >= 0.6 is 0 Å². The molecule has 0 aromatic heterocycles. The molecule has 0 radical (unpaired) electrons. The molecular weight excluding hydrogens is 242 g/mol. The molecule has 110 valence electrons. The molecule has 0 saturated carbocycles. The summed E-state index contributed by atoms with van der Waals surface area (Å²) in [7, 11) is 0. The predicted molar refractivity (Wildman–Crippen MR) is 75.4 cm³/mol. The lowest BCUT2D eigenvalue weighted by Gasteiger charge is -2.34. The van der Waals surface area contributed by atoms with Crippen LogP contribution < -0.4 is 11.1 Å². The first-order valence-electron chi connectivity index (χ1n) is 7.40. The first-order chi connectivity index (χ1) is 9.13. The van der Waals surface area contributed by atoms with Crippen LogP contribution in [0.15, 0.2) is 0 Å². The molecule has 1 atom stereocenters. The highest BCUT2D eigenvalue weighted by Crippen LogP contribution is 2.20. The number of nitrogens with zero attached hydrogens (tertiary/aromatic N) is 1. The van der Waals surface area contributed by atoms with Crippen molar-refractivity contribution in [1.82, 2.24) is 10.2 Å². The van der Waals surface area contributed by atoms with E-state index in [4.69, 9.17) is 5.73 Å². The smallest absolute Gasteiger partial charge is 0.225 e. The van der Waals surface area contributed by atoms with Crippen LogP contribution in [-0.4, -0.2) is 42.9 Å². The number of piperidine rings is 1. The highest BCUT2D eigenvalue weighted by Gasteiger charge is 2.30. The Labute approximate surface area is 115 Å². The molecule has 0 aromatic rings. The Morgan fingerprint density at radius 3 is 2.63 bits per heavy atom. The fourth-order valence-corrected chi connectivity index (χ4v) is 2.63. The SMILES string of the molecule is CCC(CC)C(=O)N1CCCC(C(=O)NCCN)C1. The molecule has 0 bridgehead atoms. The lowest BCUT2D eigenvalue weighted by atomic mass is 9.94. The lowest BCUT2D eigenvalue weighted by Crippen LogP contribution is -2.47. The van der Waals surface area contributed by atoms with Crippen LogP contribution in [0, 0.1) is 11.8 Å². The van der Waals surface area contributed by atoms with Gasteiger partial charge in [-0.1, -0.05) is 13.8 Å². The van der Waals surface area contributed by atoms with E-state index >= 15 is 0 Å². The van der Waals surface area contributed by atoms with Gasteiger partial charge in [0.2, 0.25) is 11.8 Å². The molecule has 1 aliphatic heterocycles. The monoisotopic (exact) mass is 269 g/mol. The topological polar surface area (TPSA) is 75.4 Å². The van der Waals surface area contributed by atoms with Crippen LogP contribution in [0.1, 0.15) is 39.5 Å². The first-order valence-corrected chi connectivity index (χ1v) is 7.40. The highest BCUT2D eigenvalue weighted by molar-refractivity contribution is 5.82. The van der Waals surface area contributed by atoms with Gasteiger partial charge in [0, 0.05) is 32.1 Å². The van der Waals surface area contributed by atoms with Gasteiger partial charge in [-0.3, -0.25) is 9.59 Å². The zero-order chi connectivity index (χ0) is 14.3. The minimum atomic E-state index is -0.0707. The Kier molecular flexibility index (Phi) is 6.84. The van der Waals surface area contributed by atoms with Crippen LogP contribution in [-0.2, 0) is 9.59 Å². The second-order valence-electron chi connectivity index (χ2n) is 5.22. The molecule has 1 aliphatic rings. The summed E-state index contributed by atoms with van der Waals surface area (Å²) in [5, 5.41) is 2.82. The lowest BCUT2D eigenvalue weighted by molar-refractivity contribution is -0.139. The van der Waals surface area contributed by atoms with Crippen molar-refractivity contribution >= 4 is 11.8 Å². The van der Waals surface area contributed by atoms with E-state index in [1.807, 2.05) is 18.7 Å². The Hall–Kier alpha value is -1.10. The maximum atomic E-state index is 12.3. The summed E-state index contributed by atoms with van der Waals surface area (Å²) in [6.45, 7) is 6.40. The van der Waals surface area contributed by atoms with Crippen molar-refractivity contribution in [3.63, 3.8) is 0 Å². The summed E-state index contributed by atoms with van der Waals surface area (Å²) in [4.78, 5) is 26.1. The van der Waals surface area contributed by atoms with Crippen LogP contribution in [0.3, 0.4) is 0 Å². The van der Waals surface area contributed by atoms with Gasteiger partial charge in [-0.05, 0) is 25.7 Å². The van der Waals surface area contributed by atoms with Crippen molar-refractivity contribution in [3.05, 3.63) is 0 Å². The van der Waals surface area contributed by atoms with Gasteiger partial charge in [0.05, 0.1) is 5.92 Å². The van der Waals surface area contributed by atoms with Crippen molar-refractivity contribution < 1.29 is 9.59 Å².